The molecule has 0 aliphatic carbocycles. The lowest BCUT2D eigenvalue weighted by Crippen LogP contribution is -2.26. The number of aryl methyl sites for hydroxylation is 2. The molecule has 0 aliphatic heterocycles. The van der Waals surface area contributed by atoms with E-state index in [1.54, 1.807) is 23.9 Å². The number of aromatic nitrogens is 3. The summed E-state index contributed by atoms with van der Waals surface area (Å²) in [5, 5.41) is 7.35. The molecule has 2 amide bonds. The first-order valence-corrected chi connectivity index (χ1v) is 11.2. The van der Waals surface area contributed by atoms with Crippen molar-refractivity contribution in [3.63, 3.8) is 0 Å². The first kappa shape index (κ1) is 22.0. The summed E-state index contributed by atoms with van der Waals surface area (Å²) in [6.07, 6.45) is -1.21. The summed E-state index contributed by atoms with van der Waals surface area (Å²) in [5.41, 5.74) is 6.59. The second-order valence-corrected chi connectivity index (χ2v) is 9.53. The molecule has 0 aliphatic rings. The predicted molar refractivity (Wildman–Crippen MR) is 121 cm³/mol. The standard InChI is InChI=1S/C21H19F2N5O2S2/c1-9-6-7-25-28(9)11(3)20(30)27-16-15-12(14-5-4-10(2)31-14)8-13(18(22)23)26-21(15)32-17(16)19(24)29/h4-8,11,18H,1-3H3,(H2,24,29)(H,27,30). The Morgan fingerprint density at radius 3 is 2.50 bits per heavy atom. The van der Waals surface area contributed by atoms with Crippen molar-refractivity contribution in [2.24, 2.45) is 5.73 Å². The number of hydrogen-bond donors (Lipinski definition) is 2. The molecule has 4 rings (SSSR count). The number of alkyl halides is 2. The van der Waals surface area contributed by atoms with Gasteiger partial charge >= 0.3 is 0 Å². The van der Waals surface area contributed by atoms with Crippen LogP contribution in [0.3, 0.4) is 0 Å². The number of fused-ring (bicyclic) bond motifs is 1. The molecule has 4 aromatic heterocycles. The number of nitrogens with zero attached hydrogens (tertiary/aromatic N) is 3. The summed E-state index contributed by atoms with van der Waals surface area (Å²) in [6.45, 7) is 5.39. The van der Waals surface area contributed by atoms with Gasteiger partial charge in [-0.25, -0.2) is 13.8 Å². The molecule has 166 valence electrons. The Bertz CT molecular complexity index is 1340. The van der Waals surface area contributed by atoms with E-state index in [-0.39, 0.29) is 15.4 Å². The quantitative estimate of drug-likeness (QED) is 0.406. The number of nitrogens with one attached hydrogen (secondary N) is 1. The van der Waals surface area contributed by atoms with Crippen LogP contribution < -0.4 is 11.1 Å². The van der Waals surface area contributed by atoms with Crippen LogP contribution in [-0.4, -0.2) is 26.6 Å². The van der Waals surface area contributed by atoms with Gasteiger partial charge in [-0.3, -0.25) is 14.3 Å². The van der Waals surface area contributed by atoms with Gasteiger partial charge in [-0.1, -0.05) is 0 Å². The number of carbonyl (C=O) groups excluding carboxylic acids is 2. The number of rotatable bonds is 6. The highest BCUT2D eigenvalue weighted by Gasteiger charge is 2.27. The van der Waals surface area contributed by atoms with E-state index in [9.17, 15) is 18.4 Å². The van der Waals surface area contributed by atoms with Gasteiger partial charge in [-0.15, -0.1) is 22.7 Å². The maximum atomic E-state index is 13.5. The van der Waals surface area contributed by atoms with Crippen LogP contribution in [0.4, 0.5) is 14.5 Å². The normalized spacial score (nSPS) is 12.4. The van der Waals surface area contributed by atoms with Crippen molar-refractivity contribution in [2.75, 3.05) is 5.32 Å². The summed E-state index contributed by atoms with van der Waals surface area (Å²) in [6, 6.07) is 6.07. The fraction of sp³-hybridized carbons (Fsp3) is 0.238. The van der Waals surface area contributed by atoms with Gasteiger partial charge < -0.3 is 11.1 Å². The third-order valence-electron chi connectivity index (χ3n) is 5.00. The maximum absolute atomic E-state index is 13.5. The first-order valence-electron chi connectivity index (χ1n) is 9.60. The number of primary amides is 1. The van der Waals surface area contributed by atoms with E-state index in [1.807, 2.05) is 26.0 Å². The van der Waals surface area contributed by atoms with E-state index in [0.29, 0.717) is 10.9 Å². The summed E-state index contributed by atoms with van der Waals surface area (Å²) in [5.74, 6) is -1.21. The van der Waals surface area contributed by atoms with Crippen molar-refractivity contribution in [2.45, 2.75) is 33.2 Å². The van der Waals surface area contributed by atoms with E-state index in [4.69, 9.17) is 5.73 Å². The number of carbonyl (C=O) groups is 2. The van der Waals surface area contributed by atoms with Gasteiger partial charge in [0.2, 0.25) is 5.91 Å². The lowest BCUT2D eigenvalue weighted by Gasteiger charge is -2.15. The van der Waals surface area contributed by atoms with Crippen LogP contribution in [0, 0.1) is 13.8 Å². The molecule has 4 heterocycles. The third kappa shape index (κ3) is 3.89. The number of hydrogen-bond acceptors (Lipinski definition) is 6. The molecule has 0 bridgehead atoms. The molecule has 32 heavy (non-hydrogen) atoms. The molecule has 0 fully saturated rings. The topological polar surface area (TPSA) is 103 Å². The van der Waals surface area contributed by atoms with Crippen molar-refractivity contribution in [3.8, 4) is 10.4 Å². The molecule has 0 saturated carbocycles. The zero-order valence-corrected chi connectivity index (χ0v) is 19.0. The van der Waals surface area contributed by atoms with Gasteiger partial charge in [0.1, 0.15) is 21.4 Å². The fourth-order valence-corrected chi connectivity index (χ4v) is 5.32. The molecule has 0 aromatic carbocycles. The van der Waals surface area contributed by atoms with Crippen LogP contribution in [0.1, 0.15) is 45.3 Å². The zero-order chi connectivity index (χ0) is 23.2. The SMILES string of the molecule is Cc1ccc(-c2cc(C(F)F)nc3sc(C(N)=O)c(NC(=O)C(C)n4nccc4C)c23)s1. The van der Waals surface area contributed by atoms with Crippen LogP contribution in [0.25, 0.3) is 20.7 Å². The third-order valence-corrected chi connectivity index (χ3v) is 7.13. The van der Waals surface area contributed by atoms with E-state index in [0.717, 1.165) is 26.8 Å². The van der Waals surface area contributed by atoms with Gasteiger partial charge in [0.05, 0.1) is 5.69 Å². The number of thiophene rings is 2. The average molecular weight is 476 g/mol. The maximum Gasteiger partial charge on any atom is 0.280 e. The Morgan fingerprint density at radius 1 is 1.19 bits per heavy atom. The zero-order valence-electron chi connectivity index (χ0n) is 17.3. The second kappa shape index (κ2) is 8.40. The van der Waals surface area contributed by atoms with Crippen molar-refractivity contribution in [1.82, 2.24) is 14.8 Å². The molecule has 3 N–H and O–H groups in total. The summed E-state index contributed by atoms with van der Waals surface area (Å²) in [4.78, 5) is 31.2. The van der Waals surface area contributed by atoms with E-state index in [2.05, 4.69) is 15.4 Å². The Morgan fingerprint density at radius 2 is 1.94 bits per heavy atom. The Balaban J connectivity index is 1.90. The second-order valence-electron chi connectivity index (χ2n) is 7.24. The average Bonchev–Trinajstić information content (AvgIpc) is 3.45. The molecule has 11 heteroatoms. The van der Waals surface area contributed by atoms with Crippen molar-refractivity contribution >= 4 is 50.4 Å². The summed E-state index contributed by atoms with van der Waals surface area (Å²) >= 11 is 2.30. The van der Waals surface area contributed by atoms with Crippen LogP contribution in [0.15, 0.2) is 30.5 Å². The Hall–Kier alpha value is -3.18. The highest BCUT2D eigenvalue weighted by atomic mass is 32.1. The number of nitrogens with two attached hydrogens (primary N) is 1. The summed E-state index contributed by atoms with van der Waals surface area (Å²) < 4.78 is 28.6. The van der Waals surface area contributed by atoms with Crippen LogP contribution in [0.2, 0.25) is 0 Å². The molecule has 1 atom stereocenters. The largest absolute Gasteiger partial charge is 0.365 e. The van der Waals surface area contributed by atoms with E-state index in [1.165, 1.54) is 17.4 Å². The number of amides is 2. The fourth-order valence-electron chi connectivity index (χ4n) is 3.42. The first-order chi connectivity index (χ1) is 15.2. The molecule has 1 unspecified atom stereocenters. The van der Waals surface area contributed by atoms with Crippen LogP contribution >= 0.6 is 22.7 Å². The van der Waals surface area contributed by atoms with Gasteiger partial charge in [0.25, 0.3) is 12.3 Å². The molecular weight excluding hydrogens is 456 g/mol. The minimum atomic E-state index is -2.79. The molecule has 0 saturated heterocycles. The smallest absolute Gasteiger partial charge is 0.280 e. The minimum absolute atomic E-state index is 0.0474. The Labute approximate surface area is 189 Å². The van der Waals surface area contributed by atoms with Gasteiger partial charge in [-0.05, 0) is 45.0 Å². The lowest BCUT2D eigenvalue weighted by molar-refractivity contribution is -0.119. The molecular formula is C21H19F2N5O2S2. The lowest BCUT2D eigenvalue weighted by atomic mass is 10.1. The van der Waals surface area contributed by atoms with Gasteiger partial charge in [0, 0.05) is 32.6 Å². The van der Waals surface area contributed by atoms with Crippen LogP contribution in [-0.2, 0) is 4.79 Å². The predicted octanol–water partition coefficient (Wildman–Crippen LogP) is 5.07. The number of pyridine rings is 1. The monoisotopic (exact) mass is 475 g/mol. The molecule has 0 spiro atoms. The van der Waals surface area contributed by atoms with E-state index < -0.39 is 30.0 Å². The molecule has 7 nitrogen and oxygen atoms in total. The molecule has 4 aromatic rings. The summed E-state index contributed by atoms with van der Waals surface area (Å²) in [7, 11) is 0. The minimum Gasteiger partial charge on any atom is -0.365 e. The highest BCUT2D eigenvalue weighted by molar-refractivity contribution is 7.21. The van der Waals surface area contributed by atoms with Gasteiger partial charge in [0.15, 0.2) is 0 Å². The Kier molecular flexibility index (Phi) is 5.78. The van der Waals surface area contributed by atoms with Crippen molar-refractivity contribution in [3.05, 3.63) is 51.6 Å². The van der Waals surface area contributed by atoms with E-state index >= 15 is 0 Å². The highest BCUT2D eigenvalue weighted by Crippen LogP contribution is 2.44. The van der Waals surface area contributed by atoms with Crippen molar-refractivity contribution < 1.29 is 18.4 Å². The number of halogens is 2. The van der Waals surface area contributed by atoms with Crippen molar-refractivity contribution in [1.29, 1.82) is 0 Å². The van der Waals surface area contributed by atoms with Gasteiger partial charge in [-0.2, -0.15) is 5.10 Å². The molecule has 0 radical (unpaired) electrons. The number of anilines is 1. The van der Waals surface area contributed by atoms with Crippen LogP contribution in [0.5, 0.6) is 0 Å².